The lowest BCUT2D eigenvalue weighted by molar-refractivity contribution is -0.890. The fourth-order valence-corrected chi connectivity index (χ4v) is 3.93. The summed E-state index contributed by atoms with van der Waals surface area (Å²) >= 11 is 0. The number of ether oxygens (including phenoxy) is 2. The van der Waals surface area contributed by atoms with Crippen molar-refractivity contribution in [1.29, 1.82) is 5.26 Å². The van der Waals surface area contributed by atoms with Crippen LogP contribution >= 0.6 is 0 Å². The lowest BCUT2D eigenvalue weighted by Crippen LogP contribution is -2.43. The number of nitrogens with one attached hydrogen (secondary N) is 1. The molecule has 1 aliphatic rings. The van der Waals surface area contributed by atoms with E-state index >= 15 is 0 Å². The Hall–Kier alpha value is -3.43. The highest BCUT2D eigenvalue weighted by molar-refractivity contribution is 6.07. The first kappa shape index (κ1) is 28.1. The first-order valence-corrected chi connectivity index (χ1v) is 11.9. The monoisotopic (exact) mass is 522 g/mol. The van der Waals surface area contributed by atoms with Crippen molar-refractivity contribution < 1.29 is 36.7 Å². The van der Waals surface area contributed by atoms with E-state index in [1.165, 1.54) is 12.3 Å². The number of hydrogen-bond donors (Lipinski definition) is 1. The molecule has 1 saturated heterocycles. The van der Waals surface area contributed by atoms with Crippen molar-refractivity contribution in [2.24, 2.45) is 0 Å². The molecule has 0 radical (unpaired) electrons. The van der Waals surface area contributed by atoms with Gasteiger partial charge in [-0.1, -0.05) is 0 Å². The van der Waals surface area contributed by atoms with Crippen LogP contribution in [0.5, 0.6) is 5.75 Å². The SMILES string of the molecule is C[N+](C)(CCF)CCOCCOc1ccc2nccc(C(=O)NCC(=O)N3CC(F)(F)CC3C#N)c2c1. The highest BCUT2D eigenvalue weighted by Gasteiger charge is 2.47. The van der Waals surface area contributed by atoms with Crippen LogP contribution in [0.2, 0.25) is 0 Å². The van der Waals surface area contributed by atoms with Crippen LogP contribution in [-0.4, -0.2) is 105 Å². The van der Waals surface area contributed by atoms with E-state index in [4.69, 9.17) is 14.7 Å². The second-order valence-electron chi connectivity index (χ2n) is 9.48. The van der Waals surface area contributed by atoms with E-state index < -0.39 is 43.3 Å². The van der Waals surface area contributed by atoms with E-state index in [0.29, 0.717) is 47.4 Å². The predicted molar refractivity (Wildman–Crippen MR) is 129 cm³/mol. The zero-order valence-electron chi connectivity index (χ0n) is 20.9. The molecule has 1 aliphatic heterocycles. The number of fused-ring (bicyclic) bond motifs is 1. The lowest BCUT2D eigenvalue weighted by Gasteiger charge is -2.28. The van der Waals surface area contributed by atoms with E-state index in [1.807, 2.05) is 14.1 Å². The number of nitriles is 1. The van der Waals surface area contributed by atoms with Gasteiger partial charge in [0, 0.05) is 18.0 Å². The number of aromatic nitrogens is 1. The van der Waals surface area contributed by atoms with Gasteiger partial charge >= 0.3 is 0 Å². The third kappa shape index (κ3) is 7.77. The molecule has 200 valence electrons. The maximum absolute atomic E-state index is 13.6. The van der Waals surface area contributed by atoms with Crippen molar-refractivity contribution in [3.63, 3.8) is 0 Å². The molecule has 12 heteroatoms. The summed E-state index contributed by atoms with van der Waals surface area (Å²) in [5, 5.41) is 12.0. The van der Waals surface area contributed by atoms with E-state index in [2.05, 4.69) is 10.3 Å². The molecular formula is C25H31F3N5O4+. The lowest BCUT2D eigenvalue weighted by atomic mass is 10.1. The van der Waals surface area contributed by atoms with E-state index in [9.17, 15) is 22.8 Å². The van der Waals surface area contributed by atoms with E-state index in [0.717, 1.165) is 4.90 Å². The van der Waals surface area contributed by atoms with Gasteiger partial charge < -0.3 is 24.2 Å². The minimum atomic E-state index is -3.13. The first-order chi connectivity index (χ1) is 17.5. The van der Waals surface area contributed by atoms with Gasteiger partial charge in [-0.2, -0.15) is 5.26 Å². The number of quaternary nitrogens is 1. The number of likely N-dealkylation sites (N-methyl/N-ethyl adjacent to an activating group) is 1. The fourth-order valence-electron chi connectivity index (χ4n) is 3.93. The van der Waals surface area contributed by atoms with Crippen molar-refractivity contribution in [3.8, 4) is 11.8 Å². The van der Waals surface area contributed by atoms with E-state index in [-0.39, 0.29) is 18.8 Å². The molecule has 2 amide bonds. The fraction of sp³-hybridized carbons (Fsp3) is 0.520. The molecule has 37 heavy (non-hydrogen) atoms. The van der Waals surface area contributed by atoms with Crippen LogP contribution in [0.4, 0.5) is 13.2 Å². The van der Waals surface area contributed by atoms with Gasteiger partial charge in [0.1, 0.15) is 38.2 Å². The van der Waals surface area contributed by atoms with Gasteiger partial charge in [-0.15, -0.1) is 0 Å². The Kier molecular flexibility index (Phi) is 9.29. The Labute approximate surface area is 213 Å². The Morgan fingerprint density at radius 3 is 2.76 bits per heavy atom. The molecule has 1 aromatic heterocycles. The summed E-state index contributed by atoms with van der Waals surface area (Å²) in [5.41, 5.74) is 0.759. The van der Waals surface area contributed by atoms with Crippen LogP contribution in [0, 0.1) is 11.3 Å². The second-order valence-corrected chi connectivity index (χ2v) is 9.48. The number of nitrogens with zero attached hydrogens (tertiary/aromatic N) is 4. The van der Waals surface area contributed by atoms with Crippen LogP contribution in [0.3, 0.4) is 0 Å². The van der Waals surface area contributed by atoms with Crippen molar-refractivity contribution in [3.05, 3.63) is 36.0 Å². The molecule has 2 heterocycles. The zero-order valence-corrected chi connectivity index (χ0v) is 20.9. The van der Waals surface area contributed by atoms with Crippen molar-refractivity contribution in [2.75, 3.05) is 66.8 Å². The van der Waals surface area contributed by atoms with Crippen LogP contribution in [0.25, 0.3) is 10.9 Å². The Morgan fingerprint density at radius 2 is 2.03 bits per heavy atom. The maximum atomic E-state index is 13.6. The first-order valence-electron chi connectivity index (χ1n) is 11.9. The number of halogens is 3. The zero-order chi connectivity index (χ0) is 27.1. The molecule has 1 fully saturated rings. The van der Waals surface area contributed by atoms with Gasteiger partial charge in [0.25, 0.3) is 11.8 Å². The van der Waals surface area contributed by atoms with Gasteiger partial charge in [-0.05, 0) is 24.3 Å². The molecule has 9 nitrogen and oxygen atoms in total. The van der Waals surface area contributed by atoms with Crippen LogP contribution in [-0.2, 0) is 9.53 Å². The number of pyridine rings is 1. The highest BCUT2D eigenvalue weighted by Crippen LogP contribution is 2.31. The van der Waals surface area contributed by atoms with Crippen LogP contribution < -0.4 is 10.1 Å². The molecule has 1 N–H and O–H groups in total. The van der Waals surface area contributed by atoms with Crippen LogP contribution in [0.15, 0.2) is 30.5 Å². The Bertz CT molecular complexity index is 1150. The third-order valence-corrected chi connectivity index (χ3v) is 6.12. The summed E-state index contributed by atoms with van der Waals surface area (Å²) < 4.78 is 51.6. The van der Waals surface area contributed by atoms with Gasteiger partial charge in [0.2, 0.25) is 5.91 Å². The van der Waals surface area contributed by atoms with Crippen molar-refractivity contribution in [2.45, 2.75) is 18.4 Å². The standard InChI is InChI=1S/C25H30F3N5O4/c1-33(2,8-6-26)9-10-36-11-12-37-19-3-4-22-21(13-19)20(5-7-30-22)24(35)31-16-23(34)32-17-25(27,28)14-18(32)15-29/h3-5,7,13,18H,6,8-12,14,16-17H2,1-2H3/p+1. The summed E-state index contributed by atoms with van der Waals surface area (Å²) in [5.74, 6) is -3.99. The molecular weight excluding hydrogens is 491 g/mol. The van der Waals surface area contributed by atoms with Gasteiger partial charge in [0.15, 0.2) is 0 Å². The molecule has 3 rings (SSSR count). The quantitative estimate of drug-likeness (QED) is 0.339. The van der Waals surface area contributed by atoms with Gasteiger partial charge in [-0.3, -0.25) is 14.6 Å². The Morgan fingerprint density at radius 1 is 1.24 bits per heavy atom. The number of likely N-dealkylation sites (tertiary alicyclic amines) is 1. The maximum Gasteiger partial charge on any atom is 0.268 e. The molecule has 1 atom stereocenters. The molecule has 0 saturated carbocycles. The average Bonchev–Trinajstić information content (AvgIpc) is 3.18. The summed E-state index contributed by atoms with van der Waals surface area (Å²) in [6.07, 6.45) is 0.728. The average molecular weight is 523 g/mol. The number of amides is 2. The number of alkyl halides is 3. The smallest absolute Gasteiger partial charge is 0.268 e. The van der Waals surface area contributed by atoms with Crippen molar-refractivity contribution >= 4 is 22.7 Å². The summed E-state index contributed by atoms with van der Waals surface area (Å²) in [4.78, 5) is 30.2. The topological polar surface area (TPSA) is 105 Å². The number of carbonyl (C=O) groups excluding carboxylic acids is 2. The van der Waals surface area contributed by atoms with Crippen LogP contribution in [0.1, 0.15) is 16.8 Å². The van der Waals surface area contributed by atoms with Gasteiger partial charge in [0.05, 0.1) is 57.5 Å². The van der Waals surface area contributed by atoms with Gasteiger partial charge in [-0.25, -0.2) is 13.2 Å². The van der Waals surface area contributed by atoms with Crippen molar-refractivity contribution in [1.82, 2.24) is 15.2 Å². The predicted octanol–water partition coefficient (Wildman–Crippen LogP) is 2.17. The number of hydrogen-bond acceptors (Lipinski definition) is 6. The van der Waals surface area contributed by atoms with E-state index in [1.54, 1.807) is 24.3 Å². The largest absolute Gasteiger partial charge is 0.491 e. The summed E-state index contributed by atoms with van der Waals surface area (Å²) in [7, 11) is 3.86. The number of rotatable bonds is 12. The molecule has 2 aromatic rings. The highest BCUT2D eigenvalue weighted by atomic mass is 19.3. The summed E-state index contributed by atoms with van der Waals surface area (Å²) in [6, 6.07) is 7.00. The second kappa shape index (κ2) is 12.2. The normalized spacial score (nSPS) is 17.0. The molecule has 0 bridgehead atoms. The molecule has 0 spiro atoms. The molecule has 1 aromatic carbocycles. The minimum Gasteiger partial charge on any atom is -0.491 e. The number of carbonyl (C=O) groups is 2. The minimum absolute atomic E-state index is 0.232. The number of benzene rings is 1. The molecule has 0 aliphatic carbocycles. The summed E-state index contributed by atoms with van der Waals surface area (Å²) in [6.45, 7) is 0.387. The molecule has 1 unspecified atom stereocenters. The Balaban J connectivity index is 1.56. The third-order valence-electron chi connectivity index (χ3n) is 6.12.